The van der Waals surface area contributed by atoms with Crippen molar-refractivity contribution in [2.24, 2.45) is 0 Å². The van der Waals surface area contributed by atoms with Crippen molar-refractivity contribution < 1.29 is 9.90 Å². The van der Waals surface area contributed by atoms with E-state index in [1.165, 1.54) is 10.6 Å². The van der Waals surface area contributed by atoms with E-state index in [9.17, 15) is 14.4 Å². The highest BCUT2D eigenvalue weighted by molar-refractivity contribution is 6.09. The number of rotatable bonds is 6. The Morgan fingerprint density at radius 2 is 1.77 bits per heavy atom. The first-order chi connectivity index (χ1) is 12.3. The number of carbonyl (C=O) groups is 1. The lowest BCUT2D eigenvalue weighted by Gasteiger charge is -2.16. The summed E-state index contributed by atoms with van der Waals surface area (Å²) in [6.07, 6.45) is 3.07. The van der Waals surface area contributed by atoms with Crippen molar-refractivity contribution in [3.05, 3.63) is 79.1 Å². The lowest BCUT2D eigenvalue weighted by Crippen LogP contribution is -2.37. The van der Waals surface area contributed by atoms with Gasteiger partial charge in [-0.3, -0.25) is 19.1 Å². The van der Waals surface area contributed by atoms with E-state index >= 15 is 0 Å². The Kier molecular flexibility index (Phi) is 6.10. The molecule has 0 saturated heterocycles. The monoisotopic (exact) mass is 356 g/mol. The van der Waals surface area contributed by atoms with E-state index in [-0.39, 0.29) is 36.1 Å². The summed E-state index contributed by atoms with van der Waals surface area (Å²) in [7, 11) is 0. The van der Waals surface area contributed by atoms with Gasteiger partial charge in [-0.1, -0.05) is 43.2 Å². The molecule has 138 valence electrons. The van der Waals surface area contributed by atoms with Crippen molar-refractivity contribution >= 4 is 5.78 Å². The van der Waals surface area contributed by atoms with Crippen molar-refractivity contribution in [1.29, 1.82) is 0 Å². The number of H-pyrrole nitrogens is 1. The average Bonchev–Trinajstić information content (AvgIpc) is 2.54. The van der Waals surface area contributed by atoms with Crippen molar-refractivity contribution in [2.75, 3.05) is 6.61 Å². The van der Waals surface area contributed by atoms with Crippen LogP contribution in [0.2, 0.25) is 0 Å². The molecule has 1 aromatic heterocycles. The van der Waals surface area contributed by atoms with Gasteiger partial charge in [-0.2, -0.15) is 0 Å². The fraction of sp³-hybridized carbons (Fsp3) is 0.350. The molecule has 0 fully saturated rings. The van der Waals surface area contributed by atoms with Gasteiger partial charge in [0.15, 0.2) is 0 Å². The molecule has 0 unspecified atom stereocenters. The van der Waals surface area contributed by atoms with Crippen LogP contribution in [0.25, 0.3) is 0 Å². The van der Waals surface area contributed by atoms with Crippen LogP contribution in [-0.4, -0.2) is 27.0 Å². The lowest BCUT2D eigenvalue weighted by molar-refractivity contribution is 0.102. The standard InChI is InChI=1S/C20H24N2O4/c1-12(2)16-17(18(24)15-10-13(3)9-14(4)11-15)22(7-5-6-8-23)20(26)21-19(16)25/h5-6,9-12,23H,7-8H2,1-4H3,(H,21,25,26). The van der Waals surface area contributed by atoms with Crippen LogP contribution in [-0.2, 0) is 6.54 Å². The van der Waals surface area contributed by atoms with Gasteiger partial charge in [0.1, 0.15) is 5.69 Å². The zero-order valence-electron chi connectivity index (χ0n) is 15.5. The Balaban J connectivity index is 2.77. The van der Waals surface area contributed by atoms with Crippen LogP contribution in [0.4, 0.5) is 0 Å². The fourth-order valence-electron chi connectivity index (χ4n) is 3.04. The third-order valence-corrected chi connectivity index (χ3v) is 4.07. The first kappa shape index (κ1) is 19.6. The van der Waals surface area contributed by atoms with E-state index in [2.05, 4.69) is 4.98 Å². The second kappa shape index (κ2) is 8.10. The minimum absolute atomic E-state index is 0.0851. The van der Waals surface area contributed by atoms with Crippen LogP contribution in [0.15, 0.2) is 39.9 Å². The van der Waals surface area contributed by atoms with Gasteiger partial charge >= 0.3 is 5.69 Å². The summed E-state index contributed by atoms with van der Waals surface area (Å²) in [5, 5.41) is 8.92. The number of aliphatic hydroxyl groups excluding tert-OH is 1. The van der Waals surface area contributed by atoms with Crippen molar-refractivity contribution in [3.63, 3.8) is 0 Å². The molecule has 2 N–H and O–H groups in total. The van der Waals surface area contributed by atoms with E-state index in [1.807, 2.05) is 19.9 Å². The molecule has 0 radical (unpaired) electrons. The predicted octanol–water partition coefficient (Wildman–Crippen LogP) is 2.06. The van der Waals surface area contributed by atoms with Gasteiger partial charge in [0, 0.05) is 17.7 Å². The number of aromatic amines is 1. The number of nitrogens with zero attached hydrogens (tertiary/aromatic N) is 1. The van der Waals surface area contributed by atoms with Crippen molar-refractivity contribution in [3.8, 4) is 0 Å². The molecule has 6 nitrogen and oxygen atoms in total. The molecule has 6 heteroatoms. The van der Waals surface area contributed by atoms with E-state index in [0.717, 1.165) is 11.1 Å². The summed E-state index contributed by atoms with van der Waals surface area (Å²) in [5.74, 6) is -0.599. The average molecular weight is 356 g/mol. The summed E-state index contributed by atoms with van der Waals surface area (Å²) in [6, 6.07) is 5.45. The van der Waals surface area contributed by atoms with Crippen LogP contribution >= 0.6 is 0 Å². The molecule has 0 aliphatic rings. The maximum atomic E-state index is 13.2. The molecule has 0 bridgehead atoms. The molecule has 0 aliphatic heterocycles. The quantitative estimate of drug-likeness (QED) is 0.612. The molecule has 0 saturated carbocycles. The molecule has 1 aromatic carbocycles. The van der Waals surface area contributed by atoms with Crippen molar-refractivity contribution in [2.45, 2.75) is 40.2 Å². The van der Waals surface area contributed by atoms with Crippen LogP contribution in [0, 0.1) is 13.8 Å². The Bertz CT molecular complexity index is 945. The van der Waals surface area contributed by atoms with E-state index in [4.69, 9.17) is 5.11 Å². The number of hydrogen-bond acceptors (Lipinski definition) is 4. The lowest BCUT2D eigenvalue weighted by atomic mass is 9.95. The highest BCUT2D eigenvalue weighted by atomic mass is 16.2. The minimum Gasteiger partial charge on any atom is -0.392 e. The zero-order valence-corrected chi connectivity index (χ0v) is 15.5. The third-order valence-electron chi connectivity index (χ3n) is 4.07. The Morgan fingerprint density at radius 3 is 2.31 bits per heavy atom. The molecule has 0 spiro atoms. The minimum atomic E-state index is -0.644. The summed E-state index contributed by atoms with van der Waals surface area (Å²) < 4.78 is 1.25. The summed E-state index contributed by atoms with van der Waals surface area (Å²) in [4.78, 5) is 40.3. The second-order valence-corrected chi connectivity index (χ2v) is 6.65. The molecule has 26 heavy (non-hydrogen) atoms. The molecule has 0 amide bonds. The largest absolute Gasteiger partial charge is 0.392 e. The summed E-state index contributed by atoms with van der Waals surface area (Å²) in [6.45, 7) is 7.31. The van der Waals surface area contributed by atoms with E-state index < -0.39 is 11.2 Å². The number of aromatic nitrogens is 2. The number of allylic oxidation sites excluding steroid dienone is 1. The van der Waals surface area contributed by atoms with E-state index in [0.29, 0.717) is 5.56 Å². The third kappa shape index (κ3) is 4.08. The highest BCUT2D eigenvalue weighted by Gasteiger charge is 2.24. The smallest absolute Gasteiger partial charge is 0.329 e. The number of carbonyl (C=O) groups excluding carboxylic acids is 1. The molecule has 0 atom stereocenters. The van der Waals surface area contributed by atoms with Crippen LogP contribution < -0.4 is 11.2 Å². The second-order valence-electron chi connectivity index (χ2n) is 6.65. The molecule has 0 aliphatic carbocycles. The SMILES string of the molecule is Cc1cc(C)cc(C(=O)c2c(C(C)C)c(=O)[nH]c(=O)n2CC=CCO)c1. The number of aryl methyl sites for hydroxylation is 2. The molecule has 2 rings (SSSR count). The van der Waals surface area contributed by atoms with Crippen molar-refractivity contribution in [1.82, 2.24) is 9.55 Å². The van der Waals surface area contributed by atoms with Gasteiger partial charge in [-0.05, 0) is 31.9 Å². The normalized spacial score (nSPS) is 11.5. The van der Waals surface area contributed by atoms with Gasteiger partial charge in [0.25, 0.3) is 5.56 Å². The van der Waals surface area contributed by atoms with Gasteiger partial charge in [0.05, 0.1) is 6.61 Å². The molecular formula is C20H24N2O4. The van der Waals surface area contributed by atoms with Gasteiger partial charge < -0.3 is 5.11 Å². The van der Waals surface area contributed by atoms with Gasteiger partial charge in [0.2, 0.25) is 5.78 Å². The summed E-state index contributed by atoms with van der Waals surface area (Å²) >= 11 is 0. The maximum absolute atomic E-state index is 13.2. The predicted molar refractivity (Wildman–Crippen MR) is 101 cm³/mol. The first-order valence-corrected chi connectivity index (χ1v) is 8.52. The fourth-order valence-corrected chi connectivity index (χ4v) is 3.04. The van der Waals surface area contributed by atoms with Crippen LogP contribution in [0.3, 0.4) is 0 Å². The topological polar surface area (TPSA) is 92.2 Å². The van der Waals surface area contributed by atoms with Crippen LogP contribution in [0.1, 0.15) is 52.5 Å². The number of aliphatic hydroxyl groups is 1. The first-order valence-electron chi connectivity index (χ1n) is 8.52. The number of nitrogens with one attached hydrogen (secondary N) is 1. The van der Waals surface area contributed by atoms with E-state index in [1.54, 1.807) is 32.1 Å². The number of hydrogen-bond donors (Lipinski definition) is 2. The molecule has 1 heterocycles. The summed E-state index contributed by atoms with van der Waals surface area (Å²) in [5.41, 5.74) is 1.49. The van der Waals surface area contributed by atoms with Gasteiger partial charge in [-0.15, -0.1) is 0 Å². The van der Waals surface area contributed by atoms with Crippen LogP contribution in [0.5, 0.6) is 0 Å². The maximum Gasteiger partial charge on any atom is 0.329 e. The molecule has 2 aromatic rings. The Hall–Kier alpha value is -2.73. The number of benzene rings is 1. The highest BCUT2D eigenvalue weighted by Crippen LogP contribution is 2.19. The zero-order chi connectivity index (χ0) is 19.4. The number of ketones is 1. The molecular weight excluding hydrogens is 332 g/mol. The van der Waals surface area contributed by atoms with Gasteiger partial charge in [-0.25, -0.2) is 4.79 Å². The Labute approximate surface area is 151 Å². The Morgan fingerprint density at radius 1 is 1.15 bits per heavy atom.